The molecule has 0 aromatic heterocycles. The van der Waals surface area contributed by atoms with Gasteiger partial charge in [-0.3, -0.25) is 14.6 Å². The van der Waals surface area contributed by atoms with Crippen LogP contribution in [-0.2, 0) is 14.3 Å². The van der Waals surface area contributed by atoms with Crippen molar-refractivity contribution in [2.75, 3.05) is 30.0 Å². The minimum absolute atomic E-state index is 0.183. The number of fused-ring (bicyclic) bond motifs is 1. The second kappa shape index (κ2) is 6.54. The minimum Gasteiger partial charge on any atom is -0.377 e. The number of morpholine rings is 1. The number of rotatable bonds is 3. The van der Waals surface area contributed by atoms with Crippen molar-refractivity contribution in [2.24, 2.45) is 4.99 Å². The number of halogens is 1. The summed E-state index contributed by atoms with van der Waals surface area (Å²) < 4.78 is 5.29. The van der Waals surface area contributed by atoms with Gasteiger partial charge < -0.3 is 15.0 Å². The van der Waals surface area contributed by atoms with Crippen molar-refractivity contribution in [1.29, 1.82) is 0 Å². The Bertz CT molecular complexity index is 842. The number of urea groups is 1. The number of carbonyl (C=O) groups is 3. The minimum atomic E-state index is -0.612. The Kier molecular flexibility index (Phi) is 4.21. The molecule has 3 heterocycles. The van der Waals surface area contributed by atoms with E-state index in [0.717, 1.165) is 4.90 Å². The number of allylic oxidation sites excluding steroid dienone is 1. The maximum Gasteiger partial charge on any atom is 0.332 e. The molecule has 2 fully saturated rings. The third-order valence-corrected chi connectivity index (χ3v) is 4.70. The maximum atomic E-state index is 12.6. The lowest BCUT2D eigenvalue weighted by molar-refractivity contribution is -0.123. The van der Waals surface area contributed by atoms with E-state index in [-0.39, 0.29) is 29.1 Å². The molecule has 4 amide bonds. The summed E-state index contributed by atoms with van der Waals surface area (Å²) in [5.41, 5.74) is 1.08. The highest BCUT2D eigenvalue weighted by atomic mass is 35.5. The molecule has 1 N–H and O–H groups in total. The van der Waals surface area contributed by atoms with Crippen LogP contribution in [0.2, 0.25) is 5.02 Å². The van der Waals surface area contributed by atoms with Crippen LogP contribution in [0.15, 0.2) is 35.0 Å². The van der Waals surface area contributed by atoms with E-state index in [2.05, 4.69) is 10.3 Å². The number of benzene rings is 1. The number of amides is 4. The highest BCUT2D eigenvalue weighted by molar-refractivity contribution is 6.36. The summed E-state index contributed by atoms with van der Waals surface area (Å²) in [5.74, 6) is -0.705. The molecule has 2 saturated heterocycles. The molecule has 0 aliphatic carbocycles. The number of aliphatic imine (C=N–C) groups is 1. The summed E-state index contributed by atoms with van der Waals surface area (Å²) in [6, 6.07) is 3.61. The zero-order valence-electron chi connectivity index (χ0n) is 13.6. The van der Waals surface area contributed by atoms with Crippen LogP contribution in [0.25, 0.3) is 0 Å². The summed E-state index contributed by atoms with van der Waals surface area (Å²) in [5, 5.41) is 2.88. The van der Waals surface area contributed by atoms with E-state index < -0.39 is 12.1 Å². The first-order chi connectivity index (χ1) is 12.6. The summed E-state index contributed by atoms with van der Waals surface area (Å²) in [4.78, 5) is 43.7. The topological polar surface area (TPSA) is 91.3 Å². The number of nitrogens with zero attached hydrogens (tertiary/aromatic N) is 3. The van der Waals surface area contributed by atoms with E-state index in [1.54, 1.807) is 24.4 Å². The van der Waals surface area contributed by atoms with Crippen LogP contribution in [0.3, 0.4) is 0 Å². The van der Waals surface area contributed by atoms with Crippen LogP contribution in [-0.4, -0.2) is 54.8 Å². The van der Waals surface area contributed by atoms with Crippen molar-refractivity contribution in [3.63, 3.8) is 0 Å². The second-order valence-corrected chi connectivity index (χ2v) is 6.40. The molecule has 9 heteroatoms. The van der Waals surface area contributed by atoms with Gasteiger partial charge in [-0.25, -0.2) is 9.69 Å². The van der Waals surface area contributed by atoms with Gasteiger partial charge in [-0.15, -0.1) is 0 Å². The summed E-state index contributed by atoms with van der Waals surface area (Å²) in [6.07, 6.45) is 3.99. The van der Waals surface area contributed by atoms with Gasteiger partial charge in [0, 0.05) is 24.9 Å². The van der Waals surface area contributed by atoms with E-state index in [0.29, 0.717) is 31.0 Å². The SMILES string of the molecule is O=C(Nc1ccc(N2C(=O)C3COCCN3C2=O)c(Cl)c1)C1=CCC=N1. The molecule has 4 rings (SSSR count). The Labute approximate surface area is 154 Å². The summed E-state index contributed by atoms with van der Waals surface area (Å²) >= 11 is 6.29. The molecular formula is C17H15ClN4O4. The first-order valence-corrected chi connectivity index (χ1v) is 8.50. The van der Waals surface area contributed by atoms with E-state index in [9.17, 15) is 14.4 Å². The van der Waals surface area contributed by atoms with Crippen LogP contribution in [0.5, 0.6) is 0 Å². The van der Waals surface area contributed by atoms with Crippen molar-refractivity contribution in [2.45, 2.75) is 12.5 Å². The molecule has 0 radical (unpaired) electrons. The van der Waals surface area contributed by atoms with Gasteiger partial charge in [0.15, 0.2) is 0 Å². The Balaban J connectivity index is 1.56. The predicted molar refractivity (Wildman–Crippen MR) is 95.5 cm³/mol. The Morgan fingerprint density at radius 3 is 2.88 bits per heavy atom. The molecule has 0 saturated carbocycles. The number of nitrogens with one attached hydrogen (secondary N) is 1. The van der Waals surface area contributed by atoms with Crippen LogP contribution in [0, 0.1) is 0 Å². The van der Waals surface area contributed by atoms with Crippen molar-refractivity contribution in [3.8, 4) is 0 Å². The molecule has 1 atom stereocenters. The van der Waals surface area contributed by atoms with Gasteiger partial charge >= 0.3 is 6.03 Å². The van der Waals surface area contributed by atoms with Gasteiger partial charge in [0.05, 0.1) is 23.9 Å². The van der Waals surface area contributed by atoms with Gasteiger partial charge in [-0.1, -0.05) is 11.6 Å². The third kappa shape index (κ3) is 2.77. The number of imide groups is 1. The molecule has 3 aliphatic heterocycles. The molecule has 0 spiro atoms. The molecule has 1 aromatic carbocycles. The van der Waals surface area contributed by atoms with Crippen molar-refractivity contribution in [1.82, 2.24) is 4.90 Å². The lowest BCUT2D eigenvalue weighted by atomic mass is 10.2. The quantitative estimate of drug-likeness (QED) is 0.817. The summed E-state index contributed by atoms with van der Waals surface area (Å²) in [6.45, 7) is 0.954. The lowest BCUT2D eigenvalue weighted by Gasteiger charge is -2.26. The van der Waals surface area contributed by atoms with Crippen molar-refractivity contribution < 1.29 is 19.1 Å². The Hall–Kier alpha value is -2.71. The number of carbonyl (C=O) groups excluding carboxylic acids is 3. The van der Waals surface area contributed by atoms with Gasteiger partial charge in [0.1, 0.15) is 11.7 Å². The molecule has 26 heavy (non-hydrogen) atoms. The first kappa shape index (κ1) is 16.7. The molecule has 1 aromatic rings. The largest absolute Gasteiger partial charge is 0.377 e. The van der Waals surface area contributed by atoms with E-state index in [1.165, 1.54) is 11.0 Å². The molecule has 8 nitrogen and oxygen atoms in total. The second-order valence-electron chi connectivity index (χ2n) is 6.00. The predicted octanol–water partition coefficient (Wildman–Crippen LogP) is 1.80. The fourth-order valence-corrected chi connectivity index (χ4v) is 3.38. The average Bonchev–Trinajstić information content (AvgIpc) is 3.25. The Morgan fingerprint density at radius 2 is 2.19 bits per heavy atom. The zero-order valence-corrected chi connectivity index (χ0v) is 14.4. The van der Waals surface area contributed by atoms with Gasteiger partial charge in [-0.05, 0) is 24.3 Å². The molecular weight excluding hydrogens is 360 g/mol. The Morgan fingerprint density at radius 1 is 1.35 bits per heavy atom. The summed E-state index contributed by atoms with van der Waals surface area (Å²) in [7, 11) is 0. The van der Waals surface area contributed by atoms with Crippen molar-refractivity contribution >= 4 is 47.0 Å². The van der Waals surface area contributed by atoms with E-state index >= 15 is 0 Å². The molecule has 3 aliphatic rings. The molecule has 134 valence electrons. The first-order valence-electron chi connectivity index (χ1n) is 8.12. The molecule has 0 bridgehead atoms. The van der Waals surface area contributed by atoms with Crippen LogP contribution < -0.4 is 10.2 Å². The smallest absolute Gasteiger partial charge is 0.332 e. The van der Waals surface area contributed by atoms with Crippen LogP contribution >= 0.6 is 11.6 Å². The van der Waals surface area contributed by atoms with Crippen molar-refractivity contribution in [3.05, 3.63) is 35.0 Å². The van der Waals surface area contributed by atoms with Crippen LogP contribution in [0.4, 0.5) is 16.2 Å². The maximum absolute atomic E-state index is 12.6. The number of hydrogen-bond acceptors (Lipinski definition) is 5. The average molecular weight is 375 g/mol. The number of anilines is 2. The fourth-order valence-electron chi connectivity index (χ4n) is 3.11. The van der Waals surface area contributed by atoms with Gasteiger partial charge in [0.2, 0.25) is 0 Å². The standard InChI is InChI=1S/C17H15ClN4O4/c18-11-8-10(20-15(23)12-2-1-5-19-12)3-4-13(11)22-16(24)14-9-26-7-6-21(14)17(22)25/h2-5,8,14H,1,6-7,9H2,(H,20,23). The number of ether oxygens (including phenoxy) is 1. The third-order valence-electron chi connectivity index (χ3n) is 4.40. The zero-order chi connectivity index (χ0) is 18.3. The highest BCUT2D eigenvalue weighted by Gasteiger charge is 2.47. The highest BCUT2D eigenvalue weighted by Crippen LogP contribution is 2.34. The van der Waals surface area contributed by atoms with Gasteiger partial charge in [0.25, 0.3) is 11.8 Å². The fraction of sp³-hybridized carbons (Fsp3) is 0.294. The van der Waals surface area contributed by atoms with E-state index in [4.69, 9.17) is 16.3 Å². The lowest BCUT2D eigenvalue weighted by Crippen LogP contribution is -2.45. The normalized spacial score (nSPS) is 21.9. The van der Waals surface area contributed by atoms with E-state index in [1.807, 2.05) is 0 Å². The monoisotopic (exact) mass is 374 g/mol. The van der Waals surface area contributed by atoms with Crippen LogP contribution in [0.1, 0.15) is 6.42 Å². The van der Waals surface area contributed by atoms with Gasteiger partial charge in [-0.2, -0.15) is 0 Å². The molecule has 1 unspecified atom stereocenters. The number of hydrogen-bond donors (Lipinski definition) is 1.